The van der Waals surface area contributed by atoms with Crippen LogP contribution in [0, 0.1) is 5.82 Å². The summed E-state index contributed by atoms with van der Waals surface area (Å²) in [5.74, 6) is -0.271. The number of hydrogen-bond donors (Lipinski definition) is 2. The van der Waals surface area contributed by atoms with Gasteiger partial charge in [-0.1, -0.05) is 24.3 Å². The molecule has 0 radical (unpaired) electrons. The third-order valence-electron chi connectivity index (χ3n) is 3.39. The first kappa shape index (κ1) is 21.8. The van der Waals surface area contributed by atoms with Crippen LogP contribution in [0.3, 0.4) is 0 Å². The molecule has 0 saturated carbocycles. The molecular formula is C18H18F4N2O3S. The number of carbonyl (C=O) groups excluding carboxylic acids is 1. The summed E-state index contributed by atoms with van der Waals surface area (Å²) in [5.41, 5.74) is -4.61. The van der Waals surface area contributed by atoms with Crippen molar-refractivity contribution in [3.05, 3.63) is 59.9 Å². The van der Waals surface area contributed by atoms with Gasteiger partial charge in [-0.3, -0.25) is 0 Å². The van der Waals surface area contributed by atoms with E-state index < -0.39 is 35.3 Å². The lowest BCUT2D eigenvalue weighted by Crippen LogP contribution is -2.40. The number of nitrogens with one attached hydrogen (secondary N) is 2. The Kier molecular flexibility index (Phi) is 7.94. The first-order valence-electron chi connectivity index (χ1n) is 8.08. The third kappa shape index (κ3) is 7.28. The van der Waals surface area contributed by atoms with Crippen LogP contribution in [0.25, 0.3) is 0 Å². The second-order valence-electron chi connectivity index (χ2n) is 5.41. The van der Waals surface area contributed by atoms with Gasteiger partial charge < -0.3 is 20.1 Å². The van der Waals surface area contributed by atoms with Crippen molar-refractivity contribution in [1.82, 2.24) is 10.6 Å². The van der Waals surface area contributed by atoms with Gasteiger partial charge in [0.15, 0.2) is 6.23 Å². The molecule has 2 rings (SSSR count). The summed E-state index contributed by atoms with van der Waals surface area (Å²) in [5, 5.41) is 4.91. The number of rotatable bonds is 8. The van der Waals surface area contributed by atoms with Crippen LogP contribution in [0.5, 0.6) is 5.75 Å². The highest BCUT2D eigenvalue weighted by Crippen LogP contribution is 2.37. The second-order valence-corrected chi connectivity index (χ2v) is 6.55. The summed E-state index contributed by atoms with van der Waals surface area (Å²) in [6, 6.07) is 11.3. The summed E-state index contributed by atoms with van der Waals surface area (Å²) < 4.78 is 61.7. The van der Waals surface area contributed by atoms with Crippen molar-refractivity contribution in [3.8, 4) is 5.75 Å². The Bertz CT molecular complexity index is 775. The second kappa shape index (κ2) is 10.2. The summed E-state index contributed by atoms with van der Waals surface area (Å²) in [6.45, 7) is 0.396. The molecule has 28 heavy (non-hydrogen) atoms. The minimum absolute atomic E-state index is 0.0929. The van der Waals surface area contributed by atoms with Crippen molar-refractivity contribution in [2.75, 3.05) is 20.3 Å². The predicted octanol–water partition coefficient (Wildman–Crippen LogP) is 4.46. The molecule has 1 unspecified atom stereocenters. The normalized spacial score (nSPS) is 12.3. The van der Waals surface area contributed by atoms with Crippen LogP contribution in [0.15, 0.2) is 53.4 Å². The monoisotopic (exact) mass is 418 g/mol. The quantitative estimate of drug-likeness (QED) is 0.288. The number of amides is 2. The largest absolute Gasteiger partial charge is 0.492 e. The van der Waals surface area contributed by atoms with Crippen LogP contribution < -0.4 is 15.4 Å². The standard InChI is InChI=1S/C18H18F4N2O3S/c1-26-16(14-8-7-13(11-15(14)19)28-18(20,21)22)24-17(25)23-9-10-27-12-5-3-2-4-6-12/h2-8,11,16H,9-10H2,1H3,(H2,23,24,25). The fourth-order valence-electron chi connectivity index (χ4n) is 2.20. The summed E-state index contributed by atoms with van der Waals surface area (Å²) in [6.07, 6.45) is -1.17. The zero-order valence-corrected chi connectivity index (χ0v) is 15.6. The zero-order valence-electron chi connectivity index (χ0n) is 14.8. The number of urea groups is 1. The minimum atomic E-state index is -4.52. The molecule has 0 heterocycles. The molecule has 2 N–H and O–H groups in total. The van der Waals surface area contributed by atoms with Gasteiger partial charge in [0.1, 0.15) is 18.2 Å². The van der Waals surface area contributed by atoms with E-state index in [1.54, 1.807) is 12.1 Å². The maximum atomic E-state index is 14.2. The van der Waals surface area contributed by atoms with E-state index in [9.17, 15) is 22.4 Å². The molecule has 2 amide bonds. The van der Waals surface area contributed by atoms with Crippen LogP contribution in [0.2, 0.25) is 0 Å². The number of ether oxygens (including phenoxy) is 2. The van der Waals surface area contributed by atoms with Gasteiger partial charge in [0, 0.05) is 17.6 Å². The average Bonchev–Trinajstić information content (AvgIpc) is 2.63. The number of hydrogen-bond acceptors (Lipinski definition) is 4. The van der Waals surface area contributed by atoms with Crippen LogP contribution in [0.1, 0.15) is 11.8 Å². The van der Waals surface area contributed by atoms with E-state index in [0.29, 0.717) is 5.75 Å². The number of carbonyl (C=O) groups is 1. The first-order chi connectivity index (χ1) is 13.3. The number of para-hydroxylation sites is 1. The Morgan fingerprint density at radius 3 is 2.50 bits per heavy atom. The highest BCUT2D eigenvalue weighted by atomic mass is 32.2. The van der Waals surface area contributed by atoms with Crippen molar-refractivity contribution in [2.45, 2.75) is 16.6 Å². The molecule has 5 nitrogen and oxygen atoms in total. The topological polar surface area (TPSA) is 59.6 Å². The Morgan fingerprint density at radius 1 is 1.18 bits per heavy atom. The molecule has 2 aromatic rings. The summed E-state index contributed by atoms with van der Waals surface area (Å²) in [7, 11) is 1.24. The molecule has 0 aliphatic heterocycles. The number of benzene rings is 2. The van der Waals surface area contributed by atoms with E-state index in [0.717, 1.165) is 18.2 Å². The van der Waals surface area contributed by atoms with E-state index >= 15 is 0 Å². The van der Waals surface area contributed by atoms with Crippen molar-refractivity contribution in [2.24, 2.45) is 0 Å². The SMILES string of the molecule is COC(NC(=O)NCCOc1ccccc1)c1ccc(SC(F)(F)F)cc1F. The van der Waals surface area contributed by atoms with E-state index in [1.165, 1.54) is 7.11 Å². The van der Waals surface area contributed by atoms with Gasteiger partial charge in [0.25, 0.3) is 0 Å². The number of thioether (sulfide) groups is 1. The minimum Gasteiger partial charge on any atom is -0.492 e. The van der Waals surface area contributed by atoms with Crippen LogP contribution >= 0.6 is 11.8 Å². The lowest BCUT2D eigenvalue weighted by molar-refractivity contribution is -0.0328. The molecule has 0 saturated heterocycles. The number of alkyl halides is 3. The molecule has 0 fully saturated rings. The fraction of sp³-hybridized carbons (Fsp3) is 0.278. The van der Waals surface area contributed by atoms with E-state index in [1.807, 2.05) is 18.2 Å². The Balaban J connectivity index is 1.86. The van der Waals surface area contributed by atoms with Gasteiger partial charge in [0.2, 0.25) is 0 Å². The molecule has 0 aliphatic rings. The average molecular weight is 418 g/mol. The number of halogens is 4. The molecule has 152 valence electrons. The van der Waals surface area contributed by atoms with Crippen LogP contribution in [-0.4, -0.2) is 31.8 Å². The summed E-state index contributed by atoms with van der Waals surface area (Å²) in [4.78, 5) is 11.6. The maximum Gasteiger partial charge on any atom is 0.446 e. The van der Waals surface area contributed by atoms with Gasteiger partial charge in [-0.25, -0.2) is 9.18 Å². The zero-order chi connectivity index (χ0) is 20.6. The van der Waals surface area contributed by atoms with Crippen molar-refractivity contribution in [1.29, 1.82) is 0 Å². The van der Waals surface area contributed by atoms with Crippen LogP contribution in [-0.2, 0) is 4.74 Å². The van der Waals surface area contributed by atoms with Gasteiger partial charge in [-0.2, -0.15) is 13.2 Å². The Hall–Kier alpha value is -2.46. The van der Waals surface area contributed by atoms with Crippen molar-refractivity contribution < 1.29 is 31.8 Å². The molecule has 10 heteroatoms. The lowest BCUT2D eigenvalue weighted by atomic mass is 10.2. The fourth-order valence-corrected chi connectivity index (χ4v) is 2.77. The van der Waals surface area contributed by atoms with Gasteiger partial charge in [-0.05, 0) is 36.0 Å². The maximum absolute atomic E-state index is 14.2. The van der Waals surface area contributed by atoms with Gasteiger partial charge in [-0.15, -0.1) is 0 Å². The van der Waals surface area contributed by atoms with E-state index in [2.05, 4.69) is 10.6 Å². The molecule has 2 aromatic carbocycles. The van der Waals surface area contributed by atoms with E-state index in [-0.39, 0.29) is 23.6 Å². The number of methoxy groups -OCH3 is 1. The molecular weight excluding hydrogens is 400 g/mol. The molecule has 0 aromatic heterocycles. The van der Waals surface area contributed by atoms with Gasteiger partial charge in [0.05, 0.1) is 6.54 Å². The molecule has 1 atom stereocenters. The predicted molar refractivity (Wildman–Crippen MR) is 96.5 cm³/mol. The first-order valence-corrected chi connectivity index (χ1v) is 8.90. The van der Waals surface area contributed by atoms with Crippen molar-refractivity contribution >= 4 is 17.8 Å². The summed E-state index contributed by atoms with van der Waals surface area (Å²) >= 11 is -0.426. The van der Waals surface area contributed by atoms with Gasteiger partial charge >= 0.3 is 11.5 Å². The smallest absolute Gasteiger partial charge is 0.446 e. The third-order valence-corrected chi connectivity index (χ3v) is 4.11. The molecule has 0 bridgehead atoms. The molecule has 0 spiro atoms. The van der Waals surface area contributed by atoms with Crippen LogP contribution in [0.4, 0.5) is 22.4 Å². The van der Waals surface area contributed by atoms with E-state index in [4.69, 9.17) is 9.47 Å². The highest BCUT2D eigenvalue weighted by molar-refractivity contribution is 8.00. The highest BCUT2D eigenvalue weighted by Gasteiger charge is 2.30. The Labute approximate surface area is 163 Å². The molecule has 0 aliphatic carbocycles. The Morgan fingerprint density at radius 2 is 1.89 bits per heavy atom. The van der Waals surface area contributed by atoms with Crippen molar-refractivity contribution in [3.63, 3.8) is 0 Å². The lowest BCUT2D eigenvalue weighted by Gasteiger charge is -2.19.